The molecule has 8 heteroatoms. The van der Waals surface area contributed by atoms with Crippen molar-refractivity contribution in [2.24, 2.45) is 0 Å². The number of alkyl halides is 3. The average Bonchev–Trinajstić information content (AvgIpc) is 3.05. The number of nitrogens with zero attached hydrogens (tertiary/aromatic N) is 4. The predicted octanol–water partition coefficient (Wildman–Crippen LogP) is 2.28. The van der Waals surface area contributed by atoms with Crippen molar-refractivity contribution in [1.82, 2.24) is 20.2 Å². The maximum atomic E-state index is 13.2. The van der Waals surface area contributed by atoms with Crippen LogP contribution in [0, 0.1) is 6.92 Å². The smallest absolute Gasteiger partial charge is 0.399 e. The molecule has 0 saturated heterocycles. The van der Waals surface area contributed by atoms with E-state index >= 15 is 0 Å². The summed E-state index contributed by atoms with van der Waals surface area (Å²) < 4.78 is 40.4. The number of aryl methyl sites for hydroxylation is 1. The molecule has 1 aromatic heterocycles. The molecule has 1 aliphatic rings. The highest BCUT2D eigenvalue weighted by molar-refractivity contribution is 5.62. The van der Waals surface area contributed by atoms with Crippen molar-refractivity contribution >= 4 is 5.69 Å². The SMILES string of the molecule is Cc1cc(-c2nnnn2C2(C(F)(F)F)CC2)ccc1N. The molecule has 0 radical (unpaired) electrons. The second kappa shape index (κ2) is 3.94. The zero-order valence-corrected chi connectivity index (χ0v) is 10.6. The van der Waals surface area contributed by atoms with E-state index in [1.165, 1.54) is 0 Å². The van der Waals surface area contributed by atoms with E-state index in [9.17, 15) is 13.2 Å². The van der Waals surface area contributed by atoms with Crippen molar-refractivity contribution < 1.29 is 13.2 Å². The third-order valence-electron chi connectivity index (χ3n) is 3.65. The molecule has 1 heterocycles. The highest BCUT2D eigenvalue weighted by Gasteiger charge is 2.66. The van der Waals surface area contributed by atoms with Crippen LogP contribution in [0.25, 0.3) is 11.4 Å². The molecule has 5 nitrogen and oxygen atoms in total. The number of nitrogens with two attached hydrogens (primary N) is 1. The zero-order valence-electron chi connectivity index (χ0n) is 10.6. The van der Waals surface area contributed by atoms with Crippen LogP contribution in [0.4, 0.5) is 18.9 Å². The van der Waals surface area contributed by atoms with Crippen molar-refractivity contribution in [3.8, 4) is 11.4 Å². The van der Waals surface area contributed by atoms with Gasteiger partial charge in [0.1, 0.15) is 0 Å². The molecule has 0 bridgehead atoms. The summed E-state index contributed by atoms with van der Waals surface area (Å²) in [5, 5.41) is 10.7. The highest BCUT2D eigenvalue weighted by Crippen LogP contribution is 2.55. The standard InChI is InChI=1S/C12H12F3N5/c1-7-6-8(2-3-9(7)16)10-17-18-19-20(10)11(4-5-11)12(13,14)15/h2-3,6H,4-5,16H2,1H3. The number of hydrogen-bond donors (Lipinski definition) is 1. The topological polar surface area (TPSA) is 69.6 Å². The lowest BCUT2D eigenvalue weighted by molar-refractivity contribution is -0.182. The normalized spacial score (nSPS) is 17.2. The number of tetrazole rings is 1. The molecule has 0 spiro atoms. The third-order valence-corrected chi connectivity index (χ3v) is 3.65. The zero-order chi connectivity index (χ0) is 14.5. The van der Waals surface area contributed by atoms with E-state index in [1.807, 2.05) is 0 Å². The molecule has 106 valence electrons. The van der Waals surface area contributed by atoms with Crippen LogP contribution < -0.4 is 5.73 Å². The minimum atomic E-state index is -4.36. The quantitative estimate of drug-likeness (QED) is 0.858. The van der Waals surface area contributed by atoms with Crippen LogP contribution in [0.3, 0.4) is 0 Å². The van der Waals surface area contributed by atoms with E-state index in [2.05, 4.69) is 15.5 Å². The van der Waals surface area contributed by atoms with E-state index in [0.717, 1.165) is 10.2 Å². The van der Waals surface area contributed by atoms with E-state index in [0.29, 0.717) is 11.3 Å². The first-order valence-corrected chi connectivity index (χ1v) is 6.07. The maximum absolute atomic E-state index is 13.2. The van der Waals surface area contributed by atoms with Crippen LogP contribution >= 0.6 is 0 Å². The Morgan fingerprint density at radius 1 is 1.30 bits per heavy atom. The lowest BCUT2D eigenvalue weighted by Gasteiger charge is -2.20. The van der Waals surface area contributed by atoms with Gasteiger partial charge < -0.3 is 5.73 Å². The fraction of sp³-hybridized carbons (Fsp3) is 0.417. The molecular formula is C12H12F3N5. The third kappa shape index (κ3) is 1.75. The van der Waals surface area contributed by atoms with Crippen LogP contribution in [0.15, 0.2) is 18.2 Å². The van der Waals surface area contributed by atoms with Crippen LogP contribution in [0.5, 0.6) is 0 Å². The van der Waals surface area contributed by atoms with Gasteiger partial charge in [-0.2, -0.15) is 13.2 Å². The molecule has 2 N–H and O–H groups in total. The van der Waals surface area contributed by atoms with Gasteiger partial charge >= 0.3 is 6.18 Å². The molecule has 2 aromatic rings. The molecule has 1 aliphatic carbocycles. The van der Waals surface area contributed by atoms with Gasteiger partial charge in [0, 0.05) is 11.3 Å². The molecule has 3 rings (SSSR count). The molecule has 0 aliphatic heterocycles. The van der Waals surface area contributed by atoms with Crippen molar-refractivity contribution in [3.05, 3.63) is 23.8 Å². The number of halogens is 3. The molecule has 1 aromatic carbocycles. The number of nitrogen functional groups attached to an aromatic ring is 1. The lowest BCUT2D eigenvalue weighted by Crippen LogP contribution is -2.36. The summed E-state index contributed by atoms with van der Waals surface area (Å²) in [6.45, 7) is 1.78. The van der Waals surface area contributed by atoms with Gasteiger partial charge in [0.15, 0.2) is 11.4 Å². The van der Waals surface area contributed by atoms with Gasteiger partial charge in [0.05, 0.1) is 0 Å². The maximum Gasteiger partial charge on any atom is 0.413 e. The van der Waals surface area contributed by atoms with Gasteiger partial charge in [0.25, 0.3) is 0 Å². The summed E-state index contributed by atoms with van der Waals surface area (Å²) in [5.41, 5.74) is 5.62. The van der Waals surface area contributed by atoms with Crippen molar-refractivity contribution in [2.75, 3.05) is 5.73 Å². The summed E-state index contributed by atoms with van der Waals surface area (Å²) in [7, 11) is 0. The summed E-state index contributed by atoms with van der Waals surface area (Å²) in [6, 6.07) is 4.94. The molecule has 0 unspecified atom stereocenters. The average molecular weight is 283 g/mol. The lowest BCUT2D eigenvalue weighted by atomic mass is 10.1. The van der Waals surface area contributed by atoms with Gasteiger partial charge in [-0.15, -0.1) is 5.10 Å². The Morgan fingerprint density at radius 3 is 2.55 bits per heavy atom. The van der Waals surface area contributed by atoms with Crippen LogP contribution in [-0.4, -0.2) is 26.4 Å². The van der Waals surface area contributed by atoms with Crippen molar-refractivity contribution in [1.29, 1.82) is 0 Å². The van der Waals surface area contributed by atoms with Crippen molar-refractivity contribution in [2.45, 2.75) is 31.5 Å². The van der Waals surface area contributed by atoms with Gasteiger partial charge in [0.2, 0.25) is 0 Å². The molecule has 1 saturated carbocycles. The Labute approximate surface area is 112 Å². The van der Waals surface area contributed by atoms with Gasteiger partial charge in [-0.25, -0.2) is 4.68 Å². The van der Waals surface area contributed by atoms with Crippen molar-refractivity contribution in [3.63, 3.8) is 0 Å². The molecular weight excluding hydrogens is 271 g/mol. The Hall–Kier alpha value is -2.12. The summed E-state index contributed by atoms with van der Waals surface area (Å²) in [6.07, 6.45) is -4.36. The second-order valence-electron chi connectivity index (χ2n) is 5.02. The first-order valence-electron chi connectivity index (χ1n) is 6.07. The number of aromatic nitrogens is 4. The number of anilines is 1. The largest absolute Gasteiger partial charge is 0.413 e. The highest BCUT2D eigenvalue weighted by atomic mass is 19.4. The summed E-state index contributed by atoms with van der Waals surface area (Å²) in [4.78, 5) is 0. The molecule has 0 atom stereocenters. The van der Waals surface area contributed by atoms with E-state index in [4.69, 9.17) is 5.73 Å². The minimum Gasteiger partial charge on any atom is -0.399 e. The van der Waals surface area contributed by atoms with Crippen LogP contribution in [0.1, 0.15) is 18.4 Å². The number of benzene rings is 1. The van der Waals surface area contributed by atoms with Gasteiger partial charge in [-0.1, -0.05) is 0 Å². The fourth-order valence-electron chi connectivity index (χ4n) is 2.20. The van der Waals surface area contributed by atoms with E-state index < -0.39 is 11.7 Å². The first-order chi connectivity index (χ1) is 9.35. The van der Waals surface area contributed by atoms with Gasteiger partial charge in [-0.05, 0) is 54.0 Å². The molecule has 20 heavy (non-hydrogen) atoms. The first kappa shape index (κ1) is 12.9. The summed E-state index contributed by atoms with van der Waals surface area (Å²) in [5.74, 6) is 0.114. The van der Waals surface area contributed by atoms with Gasteiger partial charge in [-0.3, -0.25) is 0 Å². The molecule has 1 fully saturated rings. The Morgan fingerprint density at radius 2 is 2.00 bits per heavy atom. The van der Waals surface area contributed by atoms with E-state index in [-0.39, 0.29) is 18.7 Å². The van der Waals surface area contributed by atoms with Crippen LogP contribution in [-0.2, 0) is 5.54 Å². The fourth-order valence-corrected chi connectivity index (χ4v) is 2.20. The summed E-state index contributed by atoms with van der Waals surface area (Å²) >= 11 is 0. The second-order valence-corrected chi connectivity index (χ2v) is 5.02. The Kier molecular flexibility index (Phi) is 2.54. The Balaban J connectivity index is 2.09. The van der Waals surface area contributed by atoms with E-state index in [1.54, 1.807) is 25.1 Å². The van der Waals surface area contributed by atoms with Crippen LogP contribution in [0.2, 0.25) is 0 Å². The predicted molar refractivity (Wildman–Crippen MR) is 65.7 cm³/mol. The Bertz CT molecular complexity index is 657. The number of rotatable bonds is 2. The number of hydrogen-bond acceptors (Lipinski definition) is 4. The molecule has 0 amide bonds. The monoisotopic (exact) mass is 283 g/mol. The minimum absolute atomic E-state index is 0.00247.